The summed E-state index contributed by atoms with van der Waals surface area (Å²) < 4.78 is 4.70. The van der Waals surface area contributed by atoms with E-state index < -0.39 is 0 Å². The fraction of sp³-hybridized carbons (Fsp3) is 0.111. The van der Waals surface area contributed by atoms with Crippen LogP contribution in [0, 0.1) is 0 Å². The number of hydrogen-bond acceptors (Lipinski definition) is 5. The number of nitrogens with one attached hydrogen (secondary N) is 1. The molecule has 0 aromatic carbocycles. The van der Waals surface area contributed by atoms with E-state index in [4.69, 9.17) is 10.3 Å². The van der Waals surface area contributed by atoms with E-state index in [1.807, 2.05) is 0 Å². The minimum absolute atomic E-state index is 0.576. The Labute approximate surface area is 80.9 Å². The number of pyridine rings is 1. The van der Waals surface area contributed by atoms with Crippen LogP contribution in [0.5, 0.6) is 0 Å². The van der Waals surface area contributed by atoms with Gasteiger partial charge in [0.1, 0.15) is 12.0 Å². The molecule has 0 aliphatic carbocycles. The normalized spacial score (nSPS) is 10.0. The number of nitrogens with two attached hydrogens (primary N) is 1. The number of rotatable bonds is 3. The van der Waals surface area contributed by atoms with Gasteiger partial charge < -0.3 is 15.6 Å². The van der Waals surface area contributed by atoms with Crippen molar-refractivity contribution >= 4 is 11.4 Å². The van der Waals surface area contributed by atoms with Gasteiger partial charge in [0.05, 0.1) is 24.1 Å². The molecule has 0 saturated carbocycles. The van der Waals surface area contributed by atoms with Crippen LogP contribution in [0.4, 0.5) is 11.4 Å². The van der Waals surface area contributed by atoms with Gasteiger partial charge in [-0.1, -0.05) is 5.16 Å². The summed E-state index contributed by atoms with van der Waals surface area (Å²) in [7, 11) is 0. The lowest BCUT2D eigenvalue weighted by atomic mass is 10.3. The van der Waals surface area contributed by atoms with Crippen molar-refractivity contribution in [1.82, 2.24) is 10.1 Å². The van der Waals surface area contributed by atoms with Crippen molar-refractivity contribution in [3.8, 4) is 0 Å². The average molecular weight is 190 g/mol. The average Bonchev–Trinajstić information content (AvgIpc) is 2.69. The van der Waals surface area contributed by atoms with Crippen LogP contribution in [-0.4, -0.2) is 10.1 Å². The standard InChI is InChI=1S/C9H10N4O/c10-8-1-3-11-6-9(8)12-5-7-2-4-14-13-7/h1-4,6,12H,5H2,(H2,10,11). The Morgan fingerprint density at radius 2 is 2.36 bits per heavy atom. The van der Waals surface area contributed by atoms with Gasteiger partial charge in [0.15, 0.2) is 0 Å². The second-order valence-corrected chi connectivity index (χ2v) is 2.81. The van der Waals surface area contributed by atoms with Crippen LogP contribution in [0.2, 0.25) is 0 Å². The van der Waals surface area contributed by atoms with Crippen molar-refractivity contribution in [3.63, 3.8) is 0 Å². The molecule has 0 aliphatic heterocycles. The van der Waals surface area contributed by atoms with Crippen molar-refractivity contribution in [1.29, 1.82) is 0 Å². The molecule has 2 aromatic heterocycles. The molecule has 0 fully saturated rings. The number of hydrogen-bond donors (Lipinski definition) is 2. The SMILES string of the molecule is Nc1ccncc1NCc1ccon1. The summed E-state index contributed by atoms with van der Waals surface area (Å²) in [5.74, 6) is 0. The number of anilines is 2. The van der Waals surface area contributed by atoms with Crippen molar-refractivity contribution in [3.05, 3.63) is 36.5 Å². The number of nitrogens with zero attached hydrogens (tertiary/aromatic N) is 2. The summed E-state index contributed by atoms with van der Waals surface area (Å²) in [6, 6.07) is 3.53. The molecule has 2 aromatic rings. The molecule has 5 heteroatoms. The number of nitrogen functional groups attached to an aromatic ring is 1. The van der Waals surface area contributed by atoms with Gasteiger partial charge in [0.2, 0.25) is 0 Å². The highest BCUT2D eigenvalue weighted by Gasteiger charge is 1.99. The predicted molar refractivity (Wildman–Crippen MR) is 52.5 cm³/mol. The molecule has 0 radical (unpaired) electrons. The van der Waals surface area contributed by atoms with Gasteiger partial charge in [-0.05, 0) is 6.07 Å². The largest absolute Gasteiger partial charge is 0.397 e. The molecule has 14 heavy (non-hydrogen) atoms. The Bertz CT molecular complexity index is 399. The fourth-order valence-electron chi connectivity index (χ4n) is 1.07. The topological polar surface area (TPSA) is 77.0 Å². The summed E-state index contributed by atoms with van der Waals surface area (Å²) >= 11 is 0. The molecule has 0 amide bonds. The minimum Gasteiger partial charge on any atom is -0.397 e. The monoisotopic (exact) mass is 190 g/mol. The third kappa shape index (κ3) is 1.82. The van der Waals surface area contributed by atoms with E-state index in [1.165, 1.54) is 6.26 Å². The van der Waals surface area contributed by atoms with Crippen LogP contribution in [0.3, 0.4) is 0 Å². The summed E-state index contributed by atoms with van der Waals surface area (Å²) in [6.07, 6.45) is 4.86. The molecular formula is C9H10N4O. The first-order chi connectivity index (χ1) is 6.86. The highest BCUT2D eigenvalue weighted by Crippen LogP contribution is 2.15. The van der Waals surface area contributed by atoms with Crippen molar-refractivity contribution < 1.29 is 4.52 Å². The molecule has 3 N–H and O–H groups in total. The second-order valence-electron chi connectivity index (χ2n) is 2.81. The molecule has 5 nitrogen and oxygen atoms in total. The lowest BCUT2D eigenvalue weighted by molar-refractivity contribution is 0.412. The summed E-state index contributed by atoms with van der Waals surface area (Å²) in [4.78, 5) is 3.96. The molecule has 0 spiro atoms. The van der Waals surface area contributed by atoms with Gasteiger partial charge >= 0.3 is 0 Å². The van der Waals surface area contributed by atoms with Crippen LogP contribution < -0.4 is 11.1 Å². The molecule has 0 saturated heterocycles. The van der Waals surface area contributed by atoms with Crippen LogP contribution in [0.1, 0.15) is 5.69 Å². The molecule has 2 rings (SSSR count). The Hall–Kier alpha value is -2.04. The van der Waals surface area contributed by atoms with Gasteiger partial charge in [-0.2, -0.15) is 0 Å². The number of aromatic nitrogens is 2. The van der Waals surface area contributed by atoms with Crippen molar-refractivity contribution in [2.45, 2.75) is 6.54 Å². The first-order valence-corrected chi connectivity index (χ1v) is 4.19. The predicted octanol–water partition coefficient (Wildman–Crippen LogP) is 1.26. The zero-order valence-electron chi connectivity index (χ0n) is 7.47. The van der Waals surface area contributed by atoms with Gasteiger partial charge in [0.25, 0.3) is 0 Å². The maximum Gasteiger partial charge on any atom is 0.124 e. The van der Waals surface area contributed by atoms with E-state index >= 15 is 0 Å². The Balaban J connectivity index is 2.02. The Morgan fingerprint density at radius 3 is 3.07 bits per heavy atom. The van der Waals surface area contributed by atoms with Crippen LogP contribution in [0.15, 0.2) is 35.3 Å². The van der Waals surface area contributed by atoms with E-state index in [2.05, 4.69) is 15.5 Å². The quantitative estimate of drug-likeness (QED) is 0.762. The highest BCUT2D eigenvalue weighted by atomic mass is 16.5. The summed E-state index contributed by atoms with van der Waals surface area (Å²) in [5.41, 5.74) is 8.01. The smallest absolute Gasteiger partial charge is 0.124 e. The zero-order chi connectivity index (χ0) is 9.80. The van der Waals surface area contributed by atoms with Gasteiger partial charge in [-0.15, -0.1) is 0 Å². The fourth-order valence-corrected chi connectivity index (χ4v) is 1.07. The van der Waals surface area contributed by atoms with E-state index in [0.717, 1.165) is 11.4 Å². The lowest BCUT2D eigenvalue weighted by Gasteiger charge is -2.05. The molecule has 0 bridgehead atoms. The summed E-state index contributed by atoms with van der Waals surface area (Å²) in [6.45, 7) is 0.576. The highest BCUT2D eigenvalue weighted by molar-refractivity contribution is 5.63. The first-order valence-electron chi connectivity index (χ1n) is 4.19. The molecular weight excluding hydrogens is 180 g/mol. The maximum atomic E-state index is 5.71. The molecule has 0 atom stereocenters. The Kier molecular flexibility index (Phi) is 2.31. The van der Waals surface area contributed by atoms with Crippen LogP contribution in [-0.2, 0) is 6.54 Å². The van der Waals surface area contributed by atoms with E-state index in [-0.39, 0.29) is 0 Å². The van der Waals surface area contributed by atoms with E-state index in [1.54, 1.807) is 24.5 Å². The molecule has 72 valence electrons. The second kappa shape index (κ2) is 3.78. The van der Waals surface area contributed by atoms with Crippen molar-refractivity contribution in [2.75, 3.05) is 11.1 Å². The van der Waals surface area contributed by atoms with E-state index in [0.29, 0.717) is 12.2 Å². The van der Waals surface area contributed by atoms with Gasteiger partial charge in [-0.3, -0.25) is 4.98 Å². The third-order valence-electron chi connectivity index (χ3n) is 1.81. The molecule has 0 unspecified atom stereocenters. The van der Waals surface area contributed by atoms with Crippen molar-refractivity contribution in [2.24, 2.45) is 0 Å². The maximum absolute atomic E-state index is 5.71. The lowest BCUT2D eigenvalue weighted by Crippen LogP contribution is -2.02. The molecule has 0 aliphatic rings. The first kappa shape index (κ1) is 8.55. The van der Waals surface area contributed by atoms with Crippen LogP contribution >= 0.6 is 0 Å². The van der Waals surface area contributed by atoms with Gasteiger partial charge in [0, 0.05) is 12.3 Å². The Morgan fingerprint density at radius 1 is 1.43 bits per heavy atom. The zero-order valence-corrected chi connectivity index (χ0v) is 7.47. The minimum atomic E-state index is 0.576. The summed E-state index contributed by atoms with van der Waals surface area (Å²) in [5, 5.41) is 6.87. The third-order valence-corrected chi connectivity index (χ3v) is 1.81. The molecule has 2 heterocycles. The van der Waals surface area contributed by atoms with Gasteiger partial charge in [-0.25, -0.2) is 0 Å². The van der Waals surface area contributed by atoms with Crippen LogP contribution in [0.25, 0.3) is 0 Å². The van der Waals surface area contributed by atoms with E-state index in [9.17, 15) is 0 Å².